The molecule has 2 aromatic rings. The maximum Gasteiger partial charge on any atom is 0.193 e. The number of benzene rings is 1. The summed E-state index contributed by atoms with van der Waals surface area (Å²) in [4.78, 5) is 6.94. The molecule has 0 saturated carbocycles. The van der Waals surface area contributed by atoms with Crippen molar-refractivity contribution >= 4 is 29.9 Å². The van der Waals surface area contributed by atoms with Crippen LogP contribution in [0.15, 0.2) is 47.7 Å². The highest BCUT2D eigenvalue weighted by Crippen LogP contribution is 2.34. The smallest absolute Gasteiger partial charge is 0.193 e. The molecule has 1 aliphatic rings. The number of aromatic nitrogens is 2. The maximum absolute atomic E-state index is 4.52. The Morgan fingerprint density at radius 1 is 1.30 bits per heavy atom. The van der Waals surface area contributed by atoms with E-state index in [2.05, 4.69) is 70.7 Å². The molecule has 2 unspecified atom stereocenters. The number of likely N-dealkylation sites (tertiary alicyclic amines) is 1. The lowest BCUT2D eigenvalue weighted by atomic mass is 9.79. The SMILES string of the molecule is CCC1CN(C(=NC)NCCn2cc(C)cn2)CCC1c1ccccc1.I. The molecule has 0 aliphatic carbocycles. The molecular formula is C21H32IN5. The zero-order chi connectivity index (χ0) is 18.4. The zero-order valence-electron chi connectivity index (χ0n) is 16.6. The fraction of sp³-hybridized carbons (Fsp3) is 0.524. The van der Waals surface area contributed by atoms with Crippen molar-refractivity contribution in [1.82, 2.24) is 20.0 Å². The van der Waals surface area contributed by atoms with Crippen LogP contribution in [-0.4, -0.2) is 47.3 Å². The molecule has 3 rings (SSSR count). The van der Waals surface area contributed by atoms with Crippen molar-refractivity contribution in [2.45, 2.75) is 39.2 Å². The summed E-state index contributed by atoms with van der Waals surface area (Å²) in [6, 6.07) is 11.0. The fourth-order valence-electron chi connectivity index (χ4n) is 3.98. The van der Waals surface area contributed by atoms with Crippen molar-refractivity contribution in [1.29, 1.82) is 0 Å². The summed E-state index contributed by atoms with van der Waals surface area (Å²) in [5.41, 5.74) is 2.68. The molecule has 5 nitrogen and oxygen atoms in total. The fourth-order valence-corrected chi connectivity index (χ4v) is 3.98. The first kappa shape index (κ1) is 21.7. The number of piperidine rings is 1. The van der Waals surface area contributed by atoms with E-state index in [1.807, 2.05) is 17.9 Å². The van der Waals surface area contributed by atoms with Gasteiger partial charge in [-0.05, 0) is 36.3 Å². The third-order valence-electron chi connectivity index (χ3n) is 5.38. The van der Waals surface area contributed by atoms with E-state index in [4.69, 9.17) is 0 Å². The summed E-state index contributed by atoms with van der Waals surface area (Å²) >= 11 is 0. The standard InChI is InChI=1S/C21H31N5.HI/c1-4-18-16-25(12-10-20(18)19-8-6-5-7-9-19)21(22-3)23-11-13-26-15-17(2)14-24-26;/h5-9,14-15,18,20H,4,10-13,16H2,1-3H3,(H,22,23);1H. The minimum atomic E-state index is 0. The second kappa shape index (κ2) is 10.7. The van der Waals surface area contributed by atoms with Crippen LogP contribution in [0.3, 0.4) is 0 Å². The Morgan fingerprint density at radius 3 is 2.70 bits per heavy atom. The molecule has 148 valence electrons. The van der Waals surface area contributed by atoms with Gasteiger partial charge in [-0.2, -0.15) is 5.10 Å². The number of hydrogen-bond acceptors (Lipinski definition) is 2. The topological polar surface area (TPSA) is 45.5 Å². The van der Waals surface area contributed by atoms with Gasteiger partial charge in [-0.1, -0.05) is 43.7 Å². The van der Waals surface area contributed by atoms with Crippen LogP contribution < -0.4 is 5.32 Å². The Bertz CT molecular complexity index is 712. The van der Waals surface area contributed by atoms with E-state index in [0.29, 0.717) is 11.8 Å². The third kappa shape index (κ3) is 5.70. The number of hydrogen-bond donors (Lipinski definition) is 1. The van der Waals surface area contributed by atoms with Crippen LogP contribution in [0, 0.1) is 12.8 Å². The van der Waals surface area contributed by atoms with Crippen molar-refractivity contribution in [3.05, 3.63) is 53.9 Å². The van der Waals surface area contributed by atoms with Crippen molar-refractivity contribution < 1.29 is 0 Å². The van der Waals surface area contributed by atoms with Gasteiger partial charge in [0.05, 0.1) is 12.7 Å². The summed E-state index contributed by atoms with van der Waals surface area (Å²) in [6.45, 7) is 8.18. The summed E-state index contributed by atoms with van der Waals surface area (Å²) in [7, 11) is 1.88. The molecule has 0 radical (unpaired) electrons. The summed E-state index contributed by atoms with van der Waals surface area (Å²) in [5.74, 6) is 2.33. The van der Waals surface area contributed by atoms with E-state index in [1.54, 1.807) is 0 Å². The number of aryl methyl sites for hydroxylation is 1. The zero-order valence-corrected chi connectivity index (χ0v) is 19.0. The van der Waals surface area contributed by atoms with Gasteiger partial charge in [0.25, 0.3) is 0 Å². The van der Waals surface area contributed by atoms with Crippen LogP contribution in [0.5, 0.6) is 0 Å². The molecule has 1 aliphatic heterocycles. The van der Waals surface area contributed by atoms with E-state index >= 15 is 0 Å². The van der Waals surface area contributed by atoms with Gasteiger partial charge in [0.2, 0.25) is 0 Å². The Balaban J connectivity index is 0.00000261. The average molecular weight is 481 g/mol. The maximum atomic E-state index is 4.52. The second-order valence-corrected chi connectivity index (χ2v) is 7.17. The van der Waals surface area contributed by atoms with Gasteiger partial charge in [0, 0.05) is 32.9 Å². The van der Waals surface area contributed by atoms with E-state index in [1.165, 1.54) is 24.0 Å². The molecule has 2 atom stereocenters. The molecule has 27 heavy (non-hydrogen) atoms. The second-order valence-electron chi connectivity index (χ2n) is 7.17. The van der Waals surface area contributed by atoms with Gasteiger partial charge in [-0.25, -0.2) is 0 Å². The van der Waals surface area contributed by atoms with Gasteiger partial charge in [0.15, 0.2) is 5.96 Å². The highest BCUT2D eigenvalue weighted by Gasteiger charge is 2.30. The van der Waals surface area contributed by atoms with Crippen LogP contribution in [0.25, 0.3) is 0 Å². The molecule has 1 saturated heterocycles. The summed E-state index contributed by atoms with van der Waals surface area (Å²) in [5, 5.41) is 7.85. The molecule has 0 spiro atoms. The number of guanidine groups is 1. The van der Waals surface area contributed by atoms with Gasteiger partial charge in [-0.15, -0.1) is 24.0 Å². The first-order valence-electron chi connectivity index (χ1n) is 9.70. The Morgan fingerprint density at radius 2 is 2.07 bits per heavy atom. The van der Waals surface area contributed by atoms with Crippen molar-refractivity contribution in [2.75, 3.05) is 26.7 Å². The van der Waals surface area contributed by atoms with E-state index < -0.39 is 0 Å². The monoisotopic (exact) mass is 481 g/mol. The summed E-state index contributed by atoms with van der Waals surface area (Å²) in [6.07, 6.45) is 6.35. The predicted molar refractivity (Wildman–Crippen MR) is 123 cm³/mol. The first-order valence-corrected chi connectivity index (χ1v) is 9.70. The molecule has 0 bridgehead atoms. The van der Waals surface area contributed by atoms with Crippen LogP contribution in [0.4, 0.5) is 0 Å². The van der Waals surface area contributed by atoms with E-state index in [-0.39, 0.29) is 24.0 Å². The number of aliphatic imine (C=N–C) groups is 1. The number of nitrogens with zero attached hydrogens (tertiary/aromatic N) is 4. The number of rotatable bonds is 5. The van der Waals surface area contributed by atoms with Crippen LogP contribution >= 0.6 is 24.0 Å². The molecule has 6 heteroatoms. The first-order chi connectivity index (χ1) is 12.7. The van der Waals surface area contributed by atoms with Gasteiger partial charge < -0.3 is 10.2 Å². The van der Waals surface area contributed by atoms with Crippen LogP contribution in [-0.2, 0) is 6.54 Å². The van der Waals surface area contributed by atoms with Crippen molar-refractivity contribution in [2.24, 2.45) is 10.9 Å². The molecule has 1 N–H and O–H groups in total. The highest BCUT2D eigenvalue weighted by molar-refractivity contribution is 14.0. The lowest BCUT2D eigenvalue weighted by molar-refractivity contribution is 0.215. The molecule has 1 fully saturated rings. The molecule has 1 aromatic heterocycles. The Labute approximate surface area is 180 Å². The molecular weight excluding hydrogens is 449 g/mol. The van der Waals surface area contributed by atoms with Gasteiger partial charge in [0.1, 0.15) is 0 Å². The Kier molecular flexibility index (Phi) is 8.60. The van der Waals surface area contributed by atoms with E-state index in [9.17, 15) is 0 Å². The average Bonchev–Trinajstić information content (AvgIpc) is 3.10. The molecule has 1 aromatic carbocycles. The lowest BCUT2D eigenvalue weighted by Gasteiger charge is -2.40. The molecule has 2 heterocycles. The minimum absolute atomic E-state index is 0. The van der Waals surface area contributed by atoms with Gasteiger partial charge >= 0.3 is 0 Å². The quantitative estimate of drug-likeness (QED) is 0.401. The largest absolute Gasteiger partial charge is 0.354 e. The van der Waals surface area contributed by atoms with Crippen molar-refractivity contribution in [3.63, 3.8) is 0 Å². The lowest BCUT2D eigenvalue weighted by Crippen LogP contribution is -2.49. The van der Waals surface area contributed by atoms with Crippen LogP contribution in [0.2, 0.25) is 0 Å². The number of nitrogens with one attached hydrogen (secondary N) is 1. The number of halogens is 1. The summed E-state index contributed by atoms with van der Waals surface area (Å²) < 4.78 is 1.98. The van der Waals surface area contributed by atoms with Crippen LogP contribution in [0.1, 0.15) is 36.8 Å². The Hall–Kier alpha value is -1.57. The third-order valence-corrected chi connectivity index (χ3v) is 5.38. The highest BCUT2D eigenvalue weighted by atomic mass is 127. The van der Waals surface area contributed by atoms with E-state index in [0.717, 1.165) is 32.1 Å². The van der Waals surface area contributed by atoms with Gasteiger partial charge in [-0.3, -0.25) is 9.67 Å². The molecule has 0 amide bonds. The predicted octanol–water partition coefficient (Wildman–Crippen LogP) is 3.90. The normalized spacial score (nSPS) is 20.3. The minimum Gasteiger partial charge on any atom is -0.354 e. The van der Waals surface area contributed by atoms with Crippen molar-refractivity contribution in [3.8, 4) is 0 Å².